The summed E-state index contributed by atoms with van der Waals surface area (Å²) in [6.07, 6.45) is 6.56. The van der Waals surface area contributed by atoms with Crippen LogP contribution >= 0.6 is 11.3 Å². The number of hydrogen-bond acceptors (Lipinski definition) is 6. The van der Waals surface area contributed by atoms with Crippen LogP contribution in [0.1, 0.15) is 47.1 Å². The number of thiophene rings is 1. The summed E-state index contributed by atoms with van der Waals surface area (Å²) >= 11 is 1.74. The maximum absolute atomic E-state index is 12.6. The van der Waals surface area contributed by atoms with Crippen LogP contribution in [-0.4, -0.2) is 35.6 Å². The smallest absolute Gasteiger partial charge is 0.273 e. The summed E-state index contributed by atoms with van der Waals surface area (Å²) in [7, 11) is 0. The van der Waals surface area contributed by atoms with E-state index in [0.717, 1.165) is 13.1 Å². The summed E-state index contributed by atoms with van der Waals surface area (Å²) in [6, 6.07) is 9.57. The second-order valence-electron chi connectivity index (χ2n) is 6.75. The molecule has 6 nitrogen and oxygen atoms in total. The van der Waals surface area contributed by atoms with Gasteiger partial charge < -0.3 is 14.3 Å². The van der Waals surface area contributed by atoms with E-state index in [-0.39, 0.29) is 17.6 Å². The Hall–Kier alpha value is -2.38. The van der Waals surface area contributed by atoms with Crippen molar-refractivity contribution in [2.45, 2.75) is 31.7 Å². The second-order valence-corrected chi connectivity index (χ2v) is 7.72. The molecule has 1 aliphatic rings. The minimum atomic E-state index is -0.229. The van der Waals surface area contributed by atoms with Crippen LogP contribution in [0, 0.1) is 0 Å². The Labute approximate surface area is 162 Å². The lowest BCUT2D eigenvalue weighted by molar-refractivity contribution is 0.0925. The van der Waals surface area contributed by atoms with E-state index in [1.54, 1.807) is 35.8 Å². The lowest BCUT2D eigenvalue weighted by Crippen LogP contribution is -2.38. The first-order valence-corrected chi connectivity index (χ1v) is 10.3. The number of furan rings is 1. The topological polar surface area (TPSA) is 71.5 Å². The average molecular weight is 385 g/mol. The standard InChI is InChI=1S/C20H23N3O3S/c24-20(15-13-18(26-22-15)17-7-5-11-25-17)21-14-16(19-8-6-12-27-19)23-9-3-1-2-4-10-23/h5-8,11-13,16H,1-4,9-10,14H2,(H,21,24). The Bertz CT molecular complexity index is 834. The number of nitrogens with zero attached hydrogens (tertiary/aromatic N) is 2. The molecule has 1 unspecified atom stereocenters. The van der Waals surface area contributed by atoms with Gasteiger partial charge in [0.05, 0.1) is 12.3 Å². The van der Waals surface area contributed by atoms with Gasteiger partial charge >= 0.3 is 0 Å². The number of nitrogens with one attached hydrogen (secondary N) is 1. The van der Waals surface area contributed by atoms with Crippen molar-refractivity contribution in [1.82, 2.24) is 15.4 Å². The molecule has 1 fully saturated rings. The zero-order valence-electron chi connectivity index (χ0n) is 15.1. The van der Waals surface area contributed by atoms with E-state index >= 15 is 0 Å². The molecule has 3 aromatic rings. The summed E-state index contributed by atoms with van der Waals surface area (Å²) in [5.41, 5.74) is 0.266. The van der Waals surface area contributed by atoms with E-state index in [1.165, 1.54) is 30.6 Å². The van der Waals surface area contributed by atoms with Gasteiger partial charge in [0.2, 0.25) is 5.76 Å². The van der Waals surface area contributed by atoms with Gasteiger partial charge in [-0.15, -0.1) is 11.3 Å². The first kappa shape index (κ1) is 18.0. The molecule has 1 N–H and O–H groups in total. The van der Waals surface area contributed by atoms with Gasteiger partial charge in [-0.05, 0) is 49.5 Å². The SMILES string of the molecule is O=C(NCC(c1cccs1)N1CCCCCC1)c1cc(-c2ccco2)on1. The van der Waals surface area contributed by atoms with Crippen molar-refractivity contribution >= 4 is 17.2 Å². The van der Waals surface area contributed by atoms with Crippen LogP contribution in [0.4, 0.5) is 0 Å². The van der Waals surface area contributed by atoms with Crippen LogP contribution in [0.3, 0.4) is 0 Å². The Morgan fingerprint density at radius 3 is 2.74 bits per heavy atom. The van der Waals surface area contributed by atoms with E-state index in [0.29, 0.717) is 18.1 Å². The molecule has 0 spiro atoms. The van der Waals surface area contributed by atoms with Crippen LogP contribution in [0.15, 0.2) is 50.9 Å². The van der Waals surface area contributed by atoms with Crippen molar-refractivity contribution in [3.05, 3.63) is 52.5 Å². The summed E-state index contributed by atoms with van der Waals surface area (Å²) in [4.78, 5) is 16.4. The number of rotatable bonds is 6. The number of carbonyl (C=O) groups excluding carboxylic acids is 1. The lowest BCUT2D eigenvalue weighted by Gasteiger charge is -2.30. The molecule has 0 radical (unpaired) electrons. The van der Waals surface area contributed by atoms with Gasteiger partial charge in [-0.3, -0.25) is 9.69 Å². The van der Waals surface area contributed by atoms with Crippen LogP contribution in [0.5, 0.6) is 0 Å². The number of amides is 1. The second kappa shape index (κ2) is 8.54. The Balaban J connectivity index is 1.43. The highest BCUT2D eigenvalue weighted by molar-refractivity contribution is 7.10. The fraction of sp³-hybridized carbons (Fsp3) is 0.400. The molecule has 4 rings (SSSR count). The van der Waals surface area contributed by atoms with Gasteiger partial charge in [-0.2, -0.15) is 0 Å². The van der Waals surface area contributed by atoms with Crippen LogP contribution < -0.4 is 5.32 Å². The number of carbonyl (C=O) groups is 1. The Kier molecular flexibility index (Phi) is 5.69. The zero-order valence-corrected chi connectivity index (χ0v) is 15.9. The highest BCUT2D eigenvalue weighted by atomic mass is 32.1. The zero-order chi connectivity index (χ0) is 18.5. The van der Waals surface area contributed by atoms with Crippen molar-refractivity contribution in [1.29, 1.82) is 0 Å². The molecule has 1 atom stereocenters. The predicted octanol–water partition coefficient (Wildman–Crippen LogP) is 4.34. The van der Waals surface area contributed by atoms with E-state index in [4.69, 9.17) is 8.94 Å². The third-order valence-corrected chi connectivity index (χ3v) is 5.89. The molecule has 1 aliphatic heterocycles. The third-order valence-electron chi connectivity index (χ3n) is 4.92. The molecule has 3 aromatic heterocycles. The van der Waals surface area contributed by atoms with Gasteiger partial charge in [0.15, 0.2) is 11.5 Å². The highest BCUT2D eigenvalue weighted by Crippen LogP contribution is 2.27. The number of hydrogen-bond donors (Lipinski definition) is 1. The highest BCUT2D eigenvalue weighted by Gasteiger charge is 2.24. The van der Waals surface area contributed by atoms with E-state index in [2.05, 4.69) is 32.9 Å². The first-order chi connectivity index (χ1) is 13.3. The predicted molar refractivity (Wildman–Crippen MR) is 104 cm³/mol. The van der Waals surface area contributed by atoms with E-state index < -0.39 is 0 Å². The van der Waals surface area contributed by atoms with Gasteiger partial charge in [0, 0.05) is 17.5 Å². The third kappa shape index (κ3) is 4.31. The van der Waals surface area contributed by atoms with Gasteiger partial charge in [-0.1, -0.05) is 24.1 Å². The quantitative estimate of drug-likeness (QED) is 0.683. The Morgan fingerprint density at radius 1 is 1.19 bits per heavy atom. The largest absolute Gasteiger partial charge is 0.461 e. The molecule has 1 saturated heterocycles. The molecule has 1 amide bonds. The fourth-order valence-electron chi connectivity index (χ4n) is 3.49. The molecule has 4 heterocycles. The van der Waals surface area contributed by atoms with Crippen LogP contribution in [0.25, 0.3) is 11.5 Å². The first-order valence-electron chi connectivity index (χ1n) is 9.37. The molecule has 0 aliphatic carbocycles. The van der Waals surface area contributed by atoms with Crippen molar-refractivity contribution < 1.29 is 13.7 Å². The monoisotopic (exact) mass is 385 g/mol. The molecule has 27 heavy (non-hydrogen) atoms. The molecule has 0 saturated carbocycles. The summed E-state index contributed by atoms with van der Waals surface area (Å²) < 4.78 is 10.5. The summed E-state index contributed by atoms with van der Waals surface area (Å²) in [6.45, 7) is 2.71. The molecular weight excluding hydrogens is 362 g/mol. The molecule has 142 valence electrons. The van der Waals surface area contributed by atoms with Crippen molar-refractivity contribution in [2.24, 2.45) is 0 Å². The molecular formula is C20H23N3O3S. The molecule has 7 heteroatoms. The number of aromatic nitrogens is 1. The van der Waals surface area contributed by atoms with Crippen molar-refractivity contribution in [2.75, 3.05) is 19.6 Å². The van der Waals surface area contributed by atoms with Crippen molar-refractivity contribution in [3.8, 4) is 11.5 Å². The molecule has 0 bridgehead atoms. The van der Waals surface area contributed by atoms with E-state index in [1.807, 2.05) is 0 Å². The van der Waals surface area contributed by atoms with Crippen molar-refractivity contribution in [3.63, 3.8) is 0 Å². The van der Waals surface area contributed by atoms with Gasteiger partial charge in [-0.25, -0.2) is 0 Å². The van der Waals surface area contributed by atoms with Crippen LogP contribution in [-0.2, 0) is 0 Å². The van der Waals surface area contributed by atoms with Gasteiger partial charge in [0.25, 0.3) is 5.91 Å². The summed E-state index contributed by atoms with van der Waals surface area (Å²) in [5.74, 6) is 0.781. The van der Waals surface area contributed by atoms with Crippen LogP contribution in [0.2, 0.25) is 0 Å². The average Bonchev–Trinajstić information content (AvgIpc) is 3.42. The van der Waals surface area contributed by atoms with E-state index in [9.17, 15) is 4.79 Å². The minimum Gasteiger partial charge on any atom is -0.461 e. The van der Waals surface area contributed by atoms with Gasteiger partial charge in [0.1, 0.15) is 0 Å². The lowest BCUT2D eigenvalue weighted by atomic mass is 10.2. The minimum absolute atomic E-state index is 0.198. The number of likely N-dealkylation sites (tertiary alicyclic amines) is 1. The summed E-state index contributed by atoms with van der Waals surface area (Å²) in [5, 5.41) is 9.01. The fourth-order valence-corrected chi connectivity index (χ4v) is 4.36. The Morgan fingerprint density at radius 2 is 2.04 bits per heavy atom. The molecule has 0 aromatic carbocycles. The normalized spacial score (nSPS) is 16.7. The maximum atomic E-state index is 12.6. The maximum Gasteiger partial charge on any atom is 0.273 e.